The topological polar surface area (TPSA) is 21.3 Å². The lowest BCUT2D eigenvalue weighted by Crippen LogP contribution is -2.39. The van der Waals surface area contributed by atoms with Crippen molar-refractivity contribution < 1.29 is 4.74 Å². The second-order valence-electron chi connectivity index (χ2n) is 6.76. The molecule has 1 heterocycles. The highest BCUT2D eigenvalue weighted by atomic mass is 16.5. The SMILES string of the molecule is CC(C)C1CCCC(NC2CCOc3ccccc32)C1. The average molecular weight is 273 g/mol. The first-order valence-electron chi connectivity index (χ1n) is 8.22. The molecule has 1 fully saturated rings. The highest BCUT2D eigenvalue weighted by Gasteiger charge is 2.28. The molecular formula is C18H27NO. The van der Waals surface area contributed by atoms with E-state index in [0.29, 0.717) is 12.1 Å². The van der Waals surface area contributed by atoms with Crippen LogP contribution in [-0.2, 0) is 0 Å². The van der Waals surface area contributed by atoms with Gasteiger partial charge in [0.25, 0.3) is 0 Å². The van der Waals surface area contributed by atoms with Gasteiger partial charge in [0.1, 0.15) is 5.75 Å². The van der Waals surface area contributed by atoms with Gasteiger partial charge in [-0.1, -0.05) is 44.9 Å². The predicted octanol–water partition coefficient (Wildman–Crippen LogP) is 4.31. The van der Waals surface area contributed by atoms with E-state index in [0.717, 1.165) is 30.6 Å². The van der Waals surface area contributed by atoms with Crippen molar-refractivity contribution in [1.29, 1.82) is 0 Å². The second kappa shape index (κ2) is 6.17. The molecule has 3 rings (SSSR count). The zero-order valence-electron chi connectivity index (χ0n) is 12.8. The highest BCUT2D eigenvalue weighted by molar-refractivity contribution is 5.37. The Morgan fingerprint density at radius 2 is 2.00 bits per heavy atom. The van der Waals surface area contributed by atoms with Crippen LogP contribution in [0.1, 0.15) is 57.6 Å². The summed E-state index contributed by atoms with van der Waals surface area (Å²) in [6.07, 6.45) is 6.57. The first-order chi connectivity index (χ1) is 9.74. The van der Waals surface area contributed by atoms with Crippen molar-refractivity contribution in [3.63, 3.8) is 0 Å². The Bertz CT molecular complexity index is 443. The van der Waals surface area contributed by atoms with Crippen LogP contribution in [0.4, 0.5) is 0 Å². The number of fused-ring (bicyclic) bond motifs is 1. The molecule has 1 saturated carbocycles. The molecule has 3 unspecified atom stereocenters. The zero-order chi connectivity index (χ0) is 13.9. The Morgan fingerprint density at radius 1 is 1.15 bits per heavy atom. The van der Waals surface area contributed by atoms with Crippen LogP contribution in [0.25, 0.3) is 0 Å². The van der Waals surface area contributed by atoms with Crippen molar-refractivity contribution in [3.05, 3.63) is 29.8 Å². The molecule has 1 aromatic carbocycles. The van der Waals surface area contributed by atoms with Gasteiger partial charge < -0.3 is 10.1 Å². The Hall–Kier alpha value is -1.02. The maximum atomic E-state index is 5.76. The Balaban J connectivity index is 1.66. The molecule has 1 aliphatic carbocycles. The summed E-state index contributed by atoms with van der Waals surface area (Å²) in [6, 6.07) is 9.68. The van der Waals surface area contributed by atoms with Crippen LogP contribution in [0.3, 0.4) is 0 Å². The molecule has 2 nitrogen and oxygen atoms in total. The fraction of sp³-hybridized carbons (Fsp3) is 0.667. The Kier molecular flexibility index (Phi) is 4.30. The number of ether oxygens (including phenoxy) is 1. The summed E-state index contributed by atoms with van der Waals surface area (Å²) in [5.74, 6) is 2.80. The van der Waals surface area contributed by atoms with Gasteiger partial charge in [0.05, 0.1) is 6.61 Å². The monoisotopic (exact) mass is 273 g/mol. The molecule has 2 aliphatic rings. The van der Waals surface area contributed by atoms with E-state index in [4.69, 9.17) is 4.74 Å². The Morgan fingerprint density at radius 3 is 2.85 bits per heavy atom. The van der Waals surface area contributed by atoms with Crippen molar-refractivity contribution in [2.45, 2.75) is 58.0 Å². The van der Waals surface area contributed by atoms with Gasteiger partial charge in [-0.25, -0.2) is 0 Å². The van der Waals surface area contributed by atoms with Gasteiger partial charge >= 0.3 is 0 Å². The van der Waals surface area contributed by atoms with E-state index in [1.807, 2.05) is 0 Å². The zero-order valence-corrected chi connectivity index (χ0v) is 12.8. The highest BCUT2D eigenvalue weighted by Crippen LogP contribution is 2.35. The molecule has 20 heavy (non-hydrogen) atoms. The van der Waals surface area contributed by atoms with E-state index >= 15 is 0 Å². The summed E-state index contributed by atoms with van der Waals surface area (Å²) in [5, 5.41) is 3.92. The van der Waals surface area contributed by atoms with E-state index in [-0.39, 0.29) is 0 Å². The van der Waals surface area contributed by atoms with Crippen LogP contribution in [0.15, 0.2) is 24.3 Å². The van der Waals surface area contributed by atoms with Crippen LogP contribution in [-0.4, -0.2) is 12.6 Å². The molecule has 1 aliphatic heterocycles. The van der Waals surface area contributed by atoms with E-state index in [1.54, 1.807) is 0 Å². The normalized spacial score (nSPS) is 29.9. The van der Waals surface area contributed by atoms with Crippen LogP contribution in [0, 0.1) is 11.8 Å². The molecule has 0 spiro atoms. The van der Waals surface area contributed by atoms with Gasteiger partial charge in [-0.15, -0.1) is 0 Å². The summed E-state index contributed by atoms with van der Waals surface area (Å²) in [4.78, 5) is 0. The van der Waals surface area contributed by atoms with Crippen molar-refractivity contribution in [1.82, 2.24) is 5.32 Å². The lowest BCUT2D eigenvalue weighted by atomic mass is 9.79. The molecule has 0 aromatic heterocycles. The molecule has 2 heteroatoms. The maximum Gasteiger partial charge on any atom is 0.124 e. The largest absolute Gasteiger partial charge is 0.493 e. The molecule has 0 saturated heterocycles. The van der Waals surface area contributed by atoms with Gasteiger partial charge in [-0.05, 0) is 30.7 Å². The minimum Gasteiger partial charge on any atom is -0.493 e. The number of rotatable bonds is 3. The lowest BCUT2D eigenvalue weighted by Gasteiger charge is -2.36. The summed E-state index contributed by atoms with van der Waals surface area (Å²) >= 11 is 0. The van der Waals surface area contributed by atoms with Crippen molar-refractivity contribution in [2.75, 3.05) is 6.61 Å². The summed E-state index contributed by atoms with van der Waals surface area (Å²) < 4.78 is 5.76. The second-order valence-corrected chi connectivity index (χ2v) is 6.76. The quantitative estimate of drug-likeness (QED) is 0.886. The van der Waals surface area contributed by atoms with Crippen molar-refractivity contribution >= 4 is 0 Å². The number of hydrogen-bond acceptors (Lipinski definition) is 2. The summed E-state index contributed by atoms with van der Waals surface area (Å²) in [5.41, 5.74) is 1.35. The molecule has 1 N–H and O–H groups in total. The van der Waals surface area contributed by atoms with Gasteiger partial charge in [0, 0.05) is 24.1 Å². The van der Waals surface area contributed by atoms with E-state index in [2.05, 4.69) is 43.4 Å². The number of benzene rings is 1. The number of hydrogen-bond donors (Lipinski definition) is 1. The molecular weight excluding hydrogens is 246 g/mol. The fourth-order valence-electron chi connectivity index (χ4n) is 3.78. The molecule has 1 aromatic rings. The molecule has 0 amide bonds. The van der Waals surface area contributed by atoms with Crippen molar-refractivity contribution in [3.8, 4) is 5.75 Å². The smallest absolute Gasteiger partial charge is 0.124 e. The first-order valence-corrected chi connectivity index (χ1v) is 8.22. The minimum atomic E-state index is 0.482. The third-order valence-corrected chi connectivity index (χ3v) is 5.05. The lowest BCUT2D eigenvalue weighted by molar-refractivity contribution is 0.196. The summed E-state index contributed by atoms with van der Waals surface area (Å²) in [7, 11) is 0. The molecule has 3 atom stereocenters. The molecule has 0 radical (unpaired) electrons. The van der Waals surface area contributed by atoms with Crippen LogP contribution < -0.4 is 10.1 Å². The first kappa shape index (κ1) is 13.9. The summed E-state index contributed by atoms with van der Waals surface area (Å²) in [6.45, 7) is 5.59. The fourth-order valence-corrected chi connectivity index (χ4v) is 3.78. The average Bonchev–Trinajstić information content (AvgIpc) is 2.48. The van der Waals surface area contributed by atoms with Crippen LogP contribution in [0.2, 0.25) is 0 Å². The van der Waals surface area contributed by atoms with E-state index in [9.17, 15) is 0 Å². The van der Waals surface area contributed by atoms with Crippen molar-refractivity contribution in [2.24, 2.45) is 11.8 Å². The third-order valence-electron chi connectivity index (χ3n) is 5.05. The third kappa shape index (κ3) is 3.01. The number of para-hydroxylation sites is 1. The van der Waals surface area contributed by atoms with E-state index in [1.165, 1.54) is 31.2 Å². The Labute approximate surface area is 122 Å². The minimum absolute atomic E-state index is 0.482. The van der Waals surface area contributed by atoms with Gasteiger partial charge in [0.15, 0.2) is 0 Å². The number of nitrogens with one attached hydrogen (secondary N) is 1. The van der Waals surface area contributed by atoms with Gasteiger partial charge in [0.2, 0.25) is 0 Å². The van der Waals surface area contributed by atoms with E-state index < -0.39 is 0 Å². The molecule has 0 bridgehead atoms. The van der Waals surface area contributed by atoms with Crippen LogP contribution in [0.5, 0.6) is 5.75 Å². The maximum absolute atomic E-state index is 5.76. The predicted molar refractivity (Wildman–Crippen MR) is 83.0 cm³/mol. The van der Waals surface area contributed by atoms with Gasteiger partial charge in [-0.3, -0.25) is 0 Å². The standard InChI is InChI=1S/C18H27NO/c1-13(2)14-6-5-7-15(12-14)19-17-10-11-20-18-9-4-3-8-16(17)18/h3-4,8-9,13-15,17,19H,5-7,10-12H2,1-2H3. The van der Waals surface area contributed by atoms with Gasteiger partial charge in [-0.2, -0.15) is 0 Å². The van der Waals surface area contributed by atoms with Crippen LogP contribution >= 0.6 is 0 Å². The molecule has 110 valence electrons.